The quantitative estimate of drug-likeness (QED) is 0.900. The van der Waals surface area contributed by atoms with Crippen molar-refractivity contribution >= 4 is 6.03 Å². The summed E-state index contributed by atoms with van der Waals surface area (Å²) in [5.74, 6) is 0.760. The number of aromatic nitrogens is 1. The molecule has 0 saturated carbocycles. The van der Waals surface area contributed by atoms with Crippen molar-refractivity contribution < 1.29 is 14.1 Å². The van der Waals surface area contributed by atoms with E-state index >= 15 is 0 Å². The normalized spacial score (nSPS) is 18.6. The molecule has 2 heterocycles. The third kappa shape index (κ3) is 3.47. The average molecular weight is 267 g/mol. The first kappa shape index (κ1) is 13.9. The van der Waals surface area contributed by atoms with Gasteiger partial charge >= 0.3 is 6.03 Å². The van der Waals surface area contributed by atoms with E-state index in [0.717, 1.165) is 36.5 Å². The first-order chi connectivity index (χ1) is 9.08. The van der Waals surface area contributed by atoms with Gasteiger partial charge in [0.15, 0.2) is 0 Å². The number of carbonyl (C=O) groups excluding carboxylic acids is 1. The minimum absolute atomic E-state index is 0.101. The molecule has 1 N–H and O–H groups in total. The number of rotatable bonds is 4. The molecule has 0 unspecified atom stereocenters. The van der Waals surface area contributed by atoms with E-state index < -0.39 is 0 Å². The molecule has 6 nitrogen and oxygen atoms in total. The van der Waals surface area contributed by atoms with E-state index in [1.807, 2.05) is 13.8 Å². The van der Waals surface area contributed by atoms with Gasteiger partial charge in [-0.3, -0.25) is 0 Å². The molecule has 2 rings (SSSR count). The number of carbonyl (C=O) groups is 1. The summed E-state index contributed by atoms with van der Waals surface area (Å²) in [5, 5.41) is 6.77. The van der Waals surface area contributed by atoms with Gasteiger partial charge in [-0.2, -0.15) is 0 Å². The van der Waals surface area contributed by atoms with Gasteiger partial charge in [-0.1, -0.05) is 5.16 Å². The standard InChI is InChI=1S/C13H21N3O3/c1-9-12(10(2)19-15-9)8-16(3)13(17)14-7-11-5-4-6-18-11/h11H,4-8H2,1-3H3,(H,14,17)/t11-/m1/s1. The van der Waals surface area contributed by atoms with E-state index in [9.17, 15) is 4.79 Å². The van der Waals surface area contributed by atoms with E-state index in [-0.39, 0.29) is 12.1 Å². The van der Waals surface area contributed by atoms with Crippen molar-refractivity contribution in [2.24, 2.45) is 0 Å². The maximum absolute atomic E-state index is 12.0. The molecule has 1 aromatic rings. The van der Waals surface area contributed by atoms with Crippen LogP contribution < -0.4 is 5.32 Å². The van der Waals surface area contributed by atoms with Crippen LogP contribution in [0.25, 0.3) is 0 Å². The van der Waals surface area contributed by atoms with E-state index in [2.05, 4.69) is 10.5 Å². The lowest BCUT2D eigenvalue weighted by atomic mass is 10.2. The molecule has 0 bridgehead atoms. The summed E-state index contributed by atoms with van der Waals surface area (Å²) in [4.78, 5) is 13.6. The Bertz CT molecular complexity index is 419. The van der Waals surface area contributed by atoms with Crippen molar-refractivity contribution in [3.8, 4) is 0 Å². The zero-order valence-electron chi connectivity index (χ0n) is 11.7. The molecule has 0 aliphatic carbocycles. The van der Waals surface area contributed by atoms with Crippen molar-refractivity contribution in [2.45, 2.75) is 39.3 Å². The molecule has 1 saturated heterocycles. The zero-order valence-corrected chi connectivity index (χ0v) is 11.7. The molecule has 1 aromatic heterocycles. The molecule has 0 radical (unpaired) electrons. The molecular weight excluding hydrogens is 246 g/mol. The van der Waals surface area contributed by atoms with Crippen LogP contribution in [0.2, 0.25) is 0 Å². The minimum Gasteiger partial charge on any atom is -0.376 e. The fourth-order valence-electron chi connectivity index (χ4n) is 2.18. The summed E-state index contributed by atoms with van der Waals surface area (Å²) in [6, 6.07) is -0.101. The average Bonchev–Trinajstić information content (AvgIpc) is 3.00. The van der Waals surface area contributed by atoms with Crippen LogP contribution in [-0.4, -0.2) is 42.4 Å². The number of aryl methyl sites for hydroxylation is 2. The maximum Gasteiger partial charge on any atom is 0.317 e. The second-order valence-corrected chi connectivity index (χ2v) is 4.98. The second-order valence-electron chi connectivity index (χ2n) is 4.98. The second kappa shape index (κ2) is 6.06. The molecule has 2 amide bonds. The van der Waals surface area contributed by atoms with Gasteiger partial charge in [0.1, 0.15) is 5.76 Å². The third-order valence-electron chi connectivity index (χ3n) is 3.43. The number of hydrogen-bond donors (Lipinski definition) is 1. The molecule has 1 atom stereocenters. The van der Waals surface area contributed by atoms with Crippen LogP contribution in [0.4, 0.5) is 4.79 Å². The predicted octanol–water partition coefficient (Wildman–Crippen LogP) is 1.61. The third-order valence-corrected chi connectivity index (χ3v) is 3.43. The van der Waals surface area contributed by atoms with E-state index in [1.54, 1.807) is 11.9 Å². The van der Waals surface area contributed by atoms with Crippen molar-refractivity contribution in [1.29, 1.82) is 0 Å². The lowest BCUT2D eigenvalue weighted by Crippen LogP contribution is -2.40. The van der Waals surface area contributed by atoms with E-state index in [4.69, 9.17) is 9.26 Å². The highest BCUT2D eigenvalue weighted by molar-refractivity contribution is 5.73. The minimum atomic E-state index is -0.101. The van der Waals surface area contributed by atoms with Crippen LogP contribution >= 0.6 is 0 Å². The molecule has 0 aromatic carbocycles. The van der Waals surface area contributed by atoms with Gasteiger partial charge in [0.05, 0.1) is 18.3 Å². The van der Waals surface area contributed by atoms with Gasteiger partial charge in [-0.25, -0.2) is 4.79 Å². The highest BCUT2D eigenvalue weighted by atomic mass is 16.5. The lowest BCUT2D eigenvalue weighted by molar-refractivity contribution is 0.109. The fraction of sp³-hybridized carbons (Fsp3) is 0.692. The molecule has 0 spiro atoms. The monoisotopic (exact) mass is 267 g/mol. The number of hydrogen-bond acceptors (Lipinski definition) is 4. The summed E-state index contributed by atoms with van der Waals surface area (Å²) < 4.78 is 10.6. The van der Waals surface area contributed by atoms with Crippen molar-refractivity contribution in [2.75, 3.05) is 20.2 Å². The molecule has 106 valence electrons. The molecular formula is C13H21N3O3. The molecule has 1 fully saturated rings. The SMILES string of the molecule is Cc1noc(C)c1CN(C)C(=O)NC[C@H]1CCCO1. The van der Waals surface area contributed by atoms with Gasteiger partial charge < -0.3 is 19.5 Å². The summed E-state index contributed by atoms with van der Waals surface area (Å²) in [6.45, 7) is 5.61. The largest absolute Gasteiger partial charge is 0.376 e. The summed E-state index contributed by atoms with van der Waals surface area (Å²) in [5.41, 5.74) is 1.80. The Balaban J connectivity index is 1.82. The van der Waals surface area contributed by atoms with Gasteiger partial charge in [-0.15, -0.1) is 0 Å². The number of urea groups is 1. The Labute approximate surface area is 113 Å². The van der Waals surface area contributed by atoms with Gasteiger partial charge in [0, 0.05) is 25.8 Å². The maximum atomic E-state index is 12.0. The first-order valence-corrected chi connectivity index (χ1v) is 6.60. The van der Waals surface area contributed by atoms with Crippen LogP contribution in [0.15, 0.2) is 4.52 Å². The lowest BCUT2D eigenvalue weighted by Gasteiger charge is -2.19. The fourth-order valence-corrected chi connectivity index (χ4v) is 2.18. The molecule has 1 aliphatic heterocycles. The Morgan fingerprint density at radius 3 is 2.89 bits per heavy atom. The summed E-state index contributed by atoms with van der Waals surface area (Å²) in [6.07, 6.45) is 2.26. The number of amides is 2. The van der Waals surface area contributed by atoms with Gasteiger partial charge in [0.25, 0.3) is 0 Å². The highest BCUT2D eigenvalue weighted by Gasteiger charge is 2.19. The number of nitrogens with zero attached hydrogens (tertiary/aromatic N) is 2. The van der Waals surface area contributed by atoms with Crippen LogP contribution in [0, 0.1) is 13.8 Å². The smallest absolute Gasteiger partial charge is 0.317 e. The molecule has 19 heavy (non-hydrogen) atoms. The van der Waals surface area contributed by atoms with Crippen molar-refractivity contribution in [3.63, 3.8) is 0 Å². The first-order valence-electron chi connectivity index (χ1n) is 6.60. The highest BCUT2D eigenvalue weighted by Crippen LogP contribution is 2.14. The Hall–Kier alpha value is -1.56. The van der Waals surface area contributed by atoms with E-state index in [0.29, 0.717) is 13.1 Å². The topological polar surface area (TPSA) is 67.6 Å². The molecule has 6 heteroatoms. The Morgan fingerprint density at radius 2 is 2.32 bits per heavy atom. The summed E-state index contributed by atoms with van der Waals surface area (Å²) >= 11 is 0. The van der Waals surface area contributed by atoms with Crippen LogP contribution in [0.5, 0.6) is 0 Å². The predicted molar refractivity (Wildman–Crippen MR) is 69.8 cm³/mol. The number of ether oxygens (including phenoxy) is 1. The zero-order chi connectivity index (χ0) is 13.8. The number of nitrogens with one attached hydrogen (secondary N) is 1. The van der Waals surface area contributed by atoms with Gasteiger partial charge in [-0.05, 0) is 26.7 Å². The Kier molecular flexibility index (Phi) is 4.42. The van der Waals surface area contributed by atoms with Crippen LogP contribution in [-0.2, 0) is 11.3 Å². The summed E-state index contributed by atoms with van der Waals surface area (Å²) in [7, 11) is 1.76. The van der Waals surface area contributed by atoms with Crippen molar-refractivity contribution in [3.05, 3.63) is 17.0 Å². The van der Waals surface area contributed by atoms with Gasteiger partial charge in [0.2, 0.25) is 0 Å². The van der Waals surface area contributed by atoms with Crippen LogP contribution in [0.3, 0.4) is 0 Å². The Morgan fingerprint density at radius 1 is 1.53 bits per heavy atom. The van der Waals surface area contributed by atoms with E-state index in [1.165, 1.54) is 0 Å². The molecule has 1 aliphatic rings. The van der Waals surface area contributed by atoms with Crippen molar-refractivity contribution in [1.82, 2.24) is 15.4 Å². The van der Waals surface area contributed by atoms with Crippen LogP contribution in [0.1, 0.15) is 29.9 Å².